The molecule has 0 radical (unpaired) electrons. The van der Waals surface area contributed by atoms with Crippen LogP contribution in [0.1, 0.15) is 29.3 Å². The molecule has 0 unspecified atom stereocenters. The Balaban J connectivity index is 2.08. The first-order chi connectivity index (χ1) is 8.22. The monoisotopic (exact) mass is 233 g/mol. The van der Waals surface area contributed by atoms with Gasteiger partial charge in [0.2, 0.25) is 0 Å². The molecule has 3 nitrogen and oxygen atoms in total. The lowest BCUT2D eigenvalue weighted by atomic mass is 10.1. The van der Waals surface area contributed by atoms with Gasteiger partial charge in [-0.3, -0.25) is 4.79 Å². The first kappa shape index (κ1) is 12.1. The summed E-state index contributed by atoms with van der Waals surface area (Å²) < 4.78 is 5.07. The summed E-state index contributed by atoms with van der Waals surface area (Å²) in [5, 5.41) is 0. The van der Waals surface area contributed by atoms with E-state index in [1.807, 2.05) is 12.1 Å². The Labute approximate surface area is 102 Å². The van der Waals surface area contributed by atoms with Crippen molar-refractivity contribution in [2.75, 3.05) is 31.7 Å². The van der Waals surface area contributed by atoms with E-state index in [9.17, 15) is 4.79 Å². The number of anilines is 1. The number of nitrogens with zero attached hydrogens (tertiary/aromatic N) is 1. The highest BCUT2D eigenvalue weighted by atomic mass is 16.5. The van der Waals surface area contributed by atoms with Crippen molar-refractivity contribution in [1.29, 1.82) is 0 Å². The molecule has 92 valence electrons. The van der Waals surface area contributed by atoms with E-state index < -0.39 is 0 Å². The van der Waals surface area contributed by atoms with Crippen molar-refractivity contribution >= 4 is 11.5 Å². The number of fused-ring (bicyclic) bond motifs is 1. The van der Waals surface area contributed by atoms with Gasteiger partial charge in [0.05, 0.1) is 0 Å². The molecular weight excluding hydrogens is 214 g/mol. The van der Waals surface area contributed by atoms with E-state index in [0.29, 0.717) is 0 Å². The molecule has 1 aromatic carbocycles. The molecule has 0 N–H and O–H groups in total. The molecular formula is C14H19NO2. The lowest BCUT2D eigenvalue weighted by molar-refractivity contribution is 0.101. The van der Waals surface area contributed by atoms with Crippen LogP contribution < -0.4 is 4.90 Å². The van der Waals surface area contributed by atoms with E-state index in [-0.39, 0.29) is 5.78 Å². The van der Waals surface area contributed by atoms with Crippen molar-refractivity contribution in [2.24, 2.45) is 0 Å². The summed E-state index contributed by atoms with van der Waals surface area (Å²) in [5.74, 6) is 0.144. The maximum absolute atomic E-state index is 11.3. The van der Waals surface area contributed by atoms with Gasteiger partial charge in [-0.05, 0) is 43.5 Å². The van der Waals surface area contributed by atoms with Crippen LogP contribution in [-0.2, 0) is 11.2 Å². The Hall–Kier alpha value is -1.35. The quantitative estimate of drug-likeness (QED) is 0.577. The summed E-state index contributed by atoms with van der Waals surface area (Å²) in [6.45, 7) is 4.51. The van der Waals surface area contributed by atoms with Crippen LogP contribution >= 0.6 is 0 Å². The normalized spacial score (nSPS) is 13.9. The van der Waals surface area contributed by atoms with Crippen LogP contribution in [0.4, 0.5) is 5.69 Å². The second-order valence-corrected chi connectivity index (χ2v) is 4.48. The number of ether oxygens (including phenoxy) is 1. The summed E-state index contributed by atoms with van der Waals surface area (Å²) in [6, 6.07) is 6.04. The van der Waals surface area contributed by atoms with E-state index in [4.69, 9.17) is 4.74 Å². The first-order valence-electron chi connectivity index (χ1n) is 6.10. The summed E-state index contributed by atoms with van der Waals surface area (Å²) in [6.07, 6.45) is 2.09. The Kier molecular flexibility index (Phi) is 3.79. The fourth-order valence-electron chi connectivity index (χ4n) is 2.32. The predicted molar refractivity (Wildman–Crippen MR) is 68.9 cm³/mol. The van der Waals surface area contributed by atoms with Gasteiger partial charge < -0.3 is 9.64 Å². The minimum Gasteiger partial charge on any atom is -0.385 e. The molecule has 0 saturated carbocycles. The predicted octanol–water partition coefficient (Wildman–Crippen LogP) is 2.29. The molecule has 1 aliphatic heterocycles. The highest BCUT2D eigenvalue weighted by Gasteiger charge is 2.19. The smallest absolute Gasteiger partial charge is 0.159 e. The highest BCUT2D eigenvalue weighted by molar-refractivity contribution is 5.94. The van der Waals surface area contributed by atoms with Gasteiger partial charge in [-0.2, -0.15) is 0 Å². The average Bonchev–Trinajstić information content (AvgIpc) is 2.72. The van der Waals surface area contributed by atoms with Crippen molar-refractivity contribution in [3.05, 3.63) is 29.3 Å². The number of rotatable bonds is 5. The Morgan fingerprint density at radius 3 is 3.00 bits per heavy atom. The Morgan fingerprint density at radius 1 is 1.47 bits per heavy atom. The molecule has 0 amide bonds. The molecule has 0 saturated heterocycles. The second-order valence-electron chi connectivity index (χ2n) is 4.48. The van der Waals surface area contributed by atoms with Crippen LogP contribution in [-0.4, -0.2) is 32.6 Å². The van der Waals surface area contributed by atoms with Crippen LogP contribution in [0.15, 0.2) is 18.2 Å². The first-order valence-corrected chi connectivity index (χ1v) is 6.10. The van der Waals surface area contributed by atoms with Crippen molar-refractivity contribution in [2.45, 2.75) is 19.8 Å². The fraction of sp³-hybridized carbons (Fsp3) is 0.500. The van der Waals surface area contributed by atoms with Gasteiger partial charge in [0.1, 0.15) is 0 Å². The third-order valence-electron chi connectivity index (χ3n) is 3.25. The van der Waals surface area contributed by atoms with Crippen molar-refractivity contribution in [1.82, 2.24) is 0 Å². The van der Waals surface area contributed by atoms with Crippen LogP contribution in [0.3, 0.4) is 0 Å². The molecule has 1 heterocycles. The van der Waals surface area contributed by atoms with Crippen LogP contribution in [0.5, 0.6) is 0 Å². The standard InChI is InChI=1S/C14H19NO2/c1-11(16)12-4-5-14-13(10-12)6-8-15(14)7-3-9-17-2/h4-5,10H,3,6-9H2,1-2H3. The topological polar surface area (TPSA) is 29.5 Å². The van der Waals surface area contributed by atoms with Gasteiger partial charge in [0, 0.05) is 38.1 Å². The van der Waals surface area contributed by atoms with Gasteiger partial charge >= 0.3 is 0 Å². The molecule has 2 rings (SSSR count). The Morgan fingerprint density at radius 2 is 2.29 bits per heavy atom. The minimum absolute atomic E-state index is 0.144. The zero-order valence-electron chi connectivity index (χ0n) is 10.5. The number of methoxy groups -OCH3 is 1. The van der Waals surface area contributed by atoms with E-state index in [2.05, 4.69) is 11.0 Å². The molecule has 0 fully saturated rings. The minimum atomic E-state index is 0.144. The Bertz CT molecular complexity index is 415. The summed E-state index contributed by atoms with van der Waals surface area (Å²) >= 11 is 0. The van der Waals surface area contributed by atoms with E-state index >= 15 is 0 Å². The van der Waals surface area contributed by atoms with Gasteiger partial charge in [-0.15, -0.1) is 0 Å². The van der Waals surface area contributed by atoms with Gasteiger partial charge in [0.25, 0.3) is 0 Å². The lowest BCUT2D eigenvalue weighted by Crippen LogP contribution is -2.22. The molecule has 0 bridgehead atoms. The number of benzene rings is 1. The average molecular weight is 233 g/mol. The van der Waals surface area contributed by atoms with E-state index in [1.54, 1.807) is 14.0 Å². The third kappa shape index (κ3) is 2.67. The van der Waals surface area contributed by atoms with E-state index in [0.717, 1.165) is 38.1 Å². The molecule has 0 atom stereocenters. The van der Waals surface area contributed by atoms with Crippen LogP contribution in [0.25, 0.3) is 0 Å². The number of hydrogen-bond acceptors (Lipinski definition) is 3. The summed E-state index contributed by atoms with van der Waals surface area (Å²) in [4.78, 5) is 13.7. The van der Waals surface area contributed by atoms with Crippen molar-refractivity contribution in [3.8, 4) is 0 Å². The SMILES string of the molecule is COCCCN1CCc2cc(C(C)=O)ccc21. The maximum Gasteiger partial charge on any atom is 0.159 e. The lowest BCUT2D eigenvalue weighted by Gasteiger charge is -2.19. The molecule has 0 aliphatic carbocycles. The van der Waals surface area contributed by atoms with Crippen molar-refractivity contribution in [3.63, 3.8) is 0 Å². The summed E-state index contributed by atoms with van der Waals surface area (Å²) in [5.41, 5.74) is 3.41. The molecule has 0 spiro atoms. The molecule has 17 heavy (non-hydrogen) atoms. The van der Waals surface area contributed by atoms with E-state index in [1.165, 1.54) is 11.3 Å². The number of ketones is 1. The summed E-state index contributed by atoms with van der Waals surface area (Å²) in [7, 11) is 1.73. The van der Waals surface area contributed by atoms with Gasteiger partial charge in [-0.1, -0.05) is 0 Å². The molecule has 1 aliphatic rings. The number of carbonyl (C=O) groups is 1. The number of hydrogen-bond donors (Lipinski definition) is 0. The van der Waals surface area contributed by atoms with Gasteiger partial charge in [0.15, 0.2) is 5.78 Å². The molecule has 1 aromatic rings. The highest BCUT2D eigenvalue weighted by Crippen LogP contribution is 2.28. The molecule has 0 aromatic heterocycles. The fourth-order valence-corrected chi connectivity index (χ4v) is 2.32. The van der Waals surface area contributed by atoms with Crippen LogP contribution in [0, 0.1) is 0 Å². The maximum atomic E-state index is 11.3. The number of carbonyl (C=O) groups excluding carboxylic acids is 1. The number of Topliss-reactive ketones (excluding diaryl/α,β-unsaturated/α-hetero) is 1. The largest absolute Gasteiger partial charge is 0.385 e. The zero-order valence-corrected chi connectivity index (χ0v) is 10.5. The van der Waals surface area contributed by atoms with Crippen LogP contribution in [0.2, 0.25) is 0 Å². The second kappa shape index (κ2) is 5.32. The van der Waals surface area contributed by atoms with Gasteiger partial charge in [-0.25, -0.2) is 0 Å². The van der Waals surface area contributed by atoms with Crippen molar-refractivity contribution < 1.29 is 9.53 Å². The third-order valence-corrected chi connectivity index (χ3v) is 3.25. The zero-order chi connectivity index (χ0) is 12.3. The molecule has 3 heteroatoms.